The Balaban J connectivity index is 1.79. The van der Waals surface area contributed by atoms with E-state index in [1.54, 1.807) is 18.3 Å². The first-order valence-electron chi connectivity index (χ1n) is 7.97. The first-order chi connectivity index (χ1) is 11.3. The van der Waals surface area contributed by atoms with E-state index in [2.05, 4.69) is 4.98 Å². The number of halogens is 1. The zero-order chi connectivity index (χ0) is 15.6. The summed E-state index contributed by atoms with van der Waals surface area (Å²) in [6.07, 6.45) is 4.76. The van der Waals surface area contributed by atoms with Gasteiger partial charge in [0, 0.05) is 31.5 Å². The van der Waals surface area contributed by atoms with Gasteiger partial charge in [0.2, 0.25) is 0 Å². The van der Waals surface area contributed by atoms with Gasteiger partial charge < -0.3 is 4.74 Å². The molecule has 0 aliphatic carbocycles. The summed E-state index contributed by atoms with van der Waals surface area (Å²) in [6.45, 7) is 1.64. The molecular formula is C18H18FN3O. The molecule has 3 aromatic rings. The number of hydrogen-bond acceptors (Lipinski definition) is 3. The van der Waals surface area contributed by atoms with Gasteiger partial charge in [-0.3, -0.25) is 4.57 Å². The number of imidazole rings is 1. The minimum atomic E-state index is -0.239. The number of nitrogens with zero attached hydrogens (tertiary/aromatic N) is 3. The molecule has 0 spiro atoms. The SMILES string of the molecule is Fc1ccc(-n2c(CC3CCOCC3)nc3cccnc32)cc1. The number of pyridine rings is 1. The van der Waals surface area contributed by atoms with Crippen LogP contribution in [-0.4, -0.2) is 27.7 Å². The largest absolute Gasteiger partial charge is 0.381 e. The lowest BCUT2D eigenvalue weighted by Crippen LogP contribution is -2.19. The summed E-state index contributed by atoms with van der Waals surface area (Å²) in [5.74, 6) is 1.31. The maximum absolute atomic E-state index is 13.3. The quantitative estimate of drug-likeness (QED) is 0.743. The van der Waals surface area contributed by atoms with Gasteiger partial charge in [0.15, 0.2) is 5.65 Å². The molecule has 1 aliphatic rings. The number of aromatic nitrogens is 3. The predicted molar refractivity (Wildman–Crippen MR) is 86.1 cm³/mol. The van der Waals surface area contributed by atoms with Crippen LogP contribution in [0.15, 0.2) is 42.6 Å². The van der Waals surface area contributed by atoms with Crippen molar-refractivity contribution in [3.63, 3.8) is 0 Å². The van der Waals surface area contributed by atoms with Crippen LogP contribution in [0.3, 0.4) is 0 Å². The summed E-state index contributed by atoms with van der Waals surface area (Å²) in [5, 5.41) is 0. The van der Waals surface area contributed by atoms with Crippen LogP contribution in [0, 0.1) is 11.7 Å². The lowest BCUT2D eigenvalue weighted by Gasteiger charge is -2.22. The topological polar surface area (TPSA) is 39.9 Å². The minimum absolute atomic E-state index is 0.239. The lowest BCUT2D eigenvalue weighted by atomic mass is 9.96. The predicted octanol–water partition coefficient (Wildman–Crippen LogP) is 3.53. The zero-order valence-corrected chi connectivity index (χ0v) is 12.8. The van der Waals surface area contributed by atoms with Crippen LogP contribution in [0.1, 0.15) is 18.7 Å². The van der Waals surface area contributed by atoms with Crippen LogP contribution in [0.2, 0.25) is 0 Å². The molecule has 1 saturated heterocycles. The summed E-state index contributed by atoms with van der Waals surface area (Å²) in [7, 11) is 0. The Bertz CT molecular complexity index is 807. The van der Waals surface area contributed by atoms with Crippen molar-refractivity contribution in [1.29, 1.82) is 0 Å². The highest BCUT2D eigenvalue weighted by atomic mass is 19.1. The fraction of sp³-hybridized carbons (Fsp3) is 0.333. The molecule has 0 bridgehead atoms. The zero-order valence-electron chi connectivity index (χ0n) is 12.8. The molecule has 0 atom stereocenters. The molecule has 4 nitrogen and oxygen atoms in total. The van der Waals surface area contributed by atoms with E-state index >= 15 is 0 Å². The summed E-state index contributed by atoms with van der Waals surface area (Å²) in [6, 6.07) is 10.4. The molecule has 118 valence electrons. The number of hydrogen-bond donors (Lipinski definition) is 0. The monoisotopic (exact) mass is 311 g/mol. The normalized spacial score (nSPS) is 16.0. The number of benzene rings is 1. The molecule has 1 aromatic carbocycles. The minimum Gasteiger partial charge on any atom is -0.381 e. The molecule has 4 rings (SSSR count). The fourth-order valence-electron chi connectivity index (χ4n) is 3.17. The molecule has 0 amide bonds. The van der Waals surface area contributed by atoms with E-state index < -0.39 is 0 Å². The van der Waals surface area contributed by atoms with Crippen LogP contribution in [0.5, 0.6) is 0 Å². The van der Waals surface area contributed by atoms with Crippen molar-refractivity contribution in [2.24, 2.45) is 5.92 Å². The van der Waals surface area contributed by atoms with Crippen LogP contribution in [0.25, 0.3) is 16.9 Å². The summed E-state index contributed by atoms with van der Waals surface area (Å²) < 4.78 is 20.8. The van der Waals surface area contributed by atoms with E-state index in [1.165, 1.54) is 12.1 Å². The molecule has 3 heterocycles. The highest BCUT2D eigenvalue weighted by Crippen LogP contribution is 2.25. The molecule has 0 unspecified atom stereocenters. The van der Waals surface area contributed by atoms with Gasteiger partial charge >= 0.3 is 0 Å². The number of ether oxygens (including phenoxy) is 1. The standard InChI is InChI=1S/C18H18FN3O/c19-14-3-5-15(6-4-14)22-17(12-13-7-10-23-11-8-13)21-16-2-1-9-20-18(16)22/h1-6,9,13H,7-8,10-12H2. The lowest BCUT2D eigenvalue weighted by molar-refractivity contribution is 0.0659. The van der Waals surface area contributed by atoms with Gasteiger partial charge in [0.05, 0.1) is 0 Å². The van der Waals surface area contributed by atoms with E-state index in [4.69, 9.17) is 9.72 Å². The molecular weight excluding hydrogens is 293 g/mol. The second kappa shape index (κ2) is 6.08. The molecule has 0 N–H and O–H groups in total. The molecule has 0 saturated carbocycles. The highest BCUT2D eigenvalue weighted by Gasteiger charge is 2.20. The van der Waals surface area contributed by atoms with E-state index in [0.29, 0.717) is 5.92 Å². The van der Waals surface area contributed by atoms with Gasteiger partial charge in [-0.1, -0.05) is 0 Å². The second-order valence-electron chi connectivity index (χ2n) is 5.95. The Morgan fingerprint density at radius 3 is 2.70 bits per heavy atom. The second-order valence-corrected chi connectivity index (χ2v) is 5.95. The van der Waals surface area contributed by atoms with Crippen LogP contribution >= 0.6 is 0 Å². The third-order valence-electron chi connectivity index (χ3n) is 4.38. The van der Waals surface area contributed by atoms with Crippen LogP contribution in [-0.2, 0) is 11.2 Å². The van der Waals surface area contributed by atoms with Crippen molar-refractivity contribution >= 4 is 11.2 Å². The maximum Gasteiger partial charge on any atom is 0.164 e. The van der Waals surface area contributed by atoms with E-state index in [-0.39, 0.29) is 5.82 Å². The van der Waals surface area contributed by atoms with Crippen molar-refractivity contribution in [1.82, 2.24) is 14.5 Å². The molecule has 23 heavy (non-hydrogen) atoms. The number of fused-ring (bicyclic) bond motifs is 1. The molecule has 1 aliphatic heterocycles. The first kappa shape index (κ1) is 14.3. The van der Waals surface area contributed by atoms with Crippen molar-refractivity contribution in [3.05, 3.63) is 54.2 Å². The third-order valence-corrected chi connectivity index (χ3v) is 4.38. The van der Waals surface area contributed by atoms with E-state index in [9.17, 15) is 4.39 Å². The number of rotatable bonds is 3. The van der Waals surface area contributed by atoms with Crippen molar-refractivity contribution in [2.45, 2.75) is 19.3 Å². The summed E-state index contributed by atoms with van der Waals surface area (Å²) in [5.41, 5.74) is 2.59. The van der Waals surface area contributed by atoms with Gasteiger partial charge in [-0.05, 0) is 55.2 Å². The maximum atomic E-state index is 13.3. The van der Waals surface area contributed by atoms with Gasteiger partial charge in [0.1, 0.15) is 17.2 Å². The van der Waals surface area contributed by atoms with Crippen LogP contribution < -0.4 is 0 Å². The fourth-order valence-corrected chi connectivity index (χ4v) is 3.17. The van der Waals surface area contributed by atoms with Gasteiger partial charge in [-0.2, -0.15) is 0 Å². The summed E-state index contributed by atoms with van der Waals surface area (Å²) >= 11 is 0. The molecule has 1 fully saturated rings. The molecule has 0 radical (unpaired) electrons. The average Bonchev–Trinajstić information content (AvgIpc) is 2.94. The smallest absolute Gasteiger partial charge is 0.164 e. The Morgan fingerprint density at radius 2 is 1.91 bits per heavy atom. The van der Waals surface area contributed by atoms with Crippen molar-refractivity contribution in [3.8, 4) is 5.69 Å². The molecule has 5 heteroatoms. The Morgan fingerprint density at radius 1 is 1.13 bits per heavy atom. The Labute approximate surface area is 133 Å². The molecule has 2 aromatic heterocycles. The first-order valence-corrected chi connectivity index (χ1v) is 7.97. The van der Waals surface area contributed by atoms with Gasteiger partial charge in [-0.25, -0.2) is 14.4 Å². The van der Waals surface area contributed by atoms with Gasteiger partial charge in [-0.15, -0.1) is 0 Å². The Kier molecular flexibility index (Phi) is 3.79. The summed E-state index contributed by atoms with van der Waals surface area (Å²) in [4.78, 5) is 9.25. The van der Waals surface area contributed by atoms with E-state index in [1.807, 2.05) is 16.7 Å². The highest BCUT2D eigenvalue weighted by molar-refractivity contribution is 5.73. The van der Waals surface area contributed by atoms with Crippen molar-refractivity contribution < 1.29 is 9.13 Å². The van der Waals surface area contributed by atoms with Crippen molar-refractivity contribution in [2.75, 3.05) is 13.2 Å². The average molecular weight is 311 g/mol. The Hall–Kier alpha value is -2.27. The van der Waals surface area contributed by atoms with Gasteiger partial charge in [0.25, 0.3) is 0 Å². The van der Waals surface area contributed by atoms with Crippen LogP contribution in [0.4, 0.5) is 4.39 Å². The van der Waals surface area contributed by atoms with E-state index in [0.717, 1.165) is 55.2 Å². The third kappa shape index (κ3) is 2.84.